The van der Waals surface area contributed by atoms with Gasteiger partial charge in [0.15, 0.2) is 18.1 Å². The lowest BCUT2D eigenvalue weighted by Crippen LogP contribution is -2.25. The average molecular weight is 780 g/mol. The van der Waals surface area contributed by atoms with E-state index in [0.717, 1.165) is 33.1 Å². The quantitative estimate of drug-likeness (QED) is 0.0451. The molecule has 0 spiro atoms. The molecule has 0 atom stereocenters. The molecule has 0 N–H and O–H groups in total. The molecule has 0 saturated heterocycles. The summed E-state index contributed by atoms with van der Waals surface area (Å²) in [4.78, 5) is 46.7. The molecule has 11 heteroatoms. The van der Waals surface area contributed by atoms with Gasteiger partial charge in [0.25, 0.3) is 0 Å². The van der Waals surface area contributed by atoms with Crippen LogP contribution < -0.4 is 15.9 Å². The van der Waals surface area contributed by atoms with E-state index in [1.807, 2.05) is 116 Å². The first kappa shape index (κ1) is 37.9. The van der Waals surface area contributed by atoms with Crippen molar-refractivity contribution in [3.05, 3.63) is 167 Å². The summed E-state index contributed by atoms with van der Waals surface area (Å²) in [6.07, 6.45) is 0. The lowest BCUT2D eigenvalue weighted by molar-refractivity contribution is -0.141. The van der Waals surface area contributed by atoms with E-state index >= 15 is 4.57 Å². The monoisotopic (exact) mass is 779 g/mol. The SMILES string of the molecule is CC(=O)O/N=C(/C)c1ccc2c(c1)c1cc(C(=O)c3ccc(P(=O)(c4ccccc4)c4ccccc4)cc3C)ccc1n2-c1ccc(/C(Cl)=N\OC(C)=O)cc1. The number of benzene rings is 6. The van der Waals surface area contributed by atoms with E-state index in [1.165, 1.54) is 13.8 Å². The molecule has 1 aromatic heterocycles. The molecule has 7 rings (SSSR count). The zero-order valence-corrected chi connectivity index (χ0v) is 32.5. The van der Waals surface area contributed by atoms with Gasteiger partial charge in [-0.25, -0.2) is 9.59 Å². The molecule has 56 heavy (non-hydrogen) atoms. The Morgan fingerprint density at radius 3 is 1.66 bits per heavy atom. The second kappa shape index (κ2) is 15.7. The first-order valence-corrected chi connectivity index (χ1v) is 19.7. The molecule has 7 aromatic rings. The van der Waals surface area contributed by atoms with Crippen molar-refractivity contribution in [2.45, 2.75) is 27.7 Å². The fourth-order valence-corrected chi connectivity index (χ4v) is 9.63. The highest BCUT2D eigenvalue weighted by Gasteiger charge is 2.30. The zero-order chi connectivity index (χ0) is 39.6. The van der Waals surface area contributed by atoms with Crippen molar-refractivity contribution in [1.82, 2.24) is 4.57 Å². The summed E-state index contributed by atoms with van der Waals surface area (Å²) in [7, 11) is -3.24. The Hall–Kier alpha value is -6.41. The van der Waals surface area contributed by atoms with Crippen LogP contribution in [0.5, 0.6) is 0 Å². The molecule has 0 aliphatic carbocycles. The minimum atomic E-state index is -3.24. The van der Waals surface area contributed by atoms with E-state index in [4.69, 9.17) is 21.3 Å². The molecule has 0 aliphatic rings. The molecular weight excluding hydrogens is 745 g/mol. The molecule has 0 unspecified atom stereocenters. The van der Waals surface area contributed by atoms with E-state index in [9.17, 15) is 14.4 Å². The smallest absolute Gasteiger partial charge is 0.318 e. The highest BCUT2D eigenvalue weighted by atomic mass is 35.5. The van der Waals surface area contributed by atoms with E-state index in [-0.39, 0.29) is 11.0 Å². The minimum absolute atomic E-state index is 0.0237. The Bertz CT molecular complexity index is 2730. The number of aromatic nitrogens is 1. The molecule has 0 fully saturated rings. The van der Waals surface area contributed by atoms with Gasteiger partial charge in [0.05, 0.1) is 16.7 Å². The van der Waals surface area contributed by atoms with Gasteiger partial charge in [0, 0.05) is 62.9 Å². The maximum absolute atomic E-state index is 15.0. The summed E-state index contributed by atoms with van der Waals surface area (Å²) in [5.41, 5.74) is 5.93. The third kappa shape index (κ3) is 7.35. The standard InChI is InChI=1S/C45H35ClN3O6P/c1-28-25-38(56(53,36-11-7-5-8-12-36)37-13-9-6-10-14-37)21-22-39(28)44(52)34-18-24-43-41(27-34)40-26-33(29(2)47-54-30(3)50)17-23-42(40)49(43)35-19-15-32(16-20-35)45(46)48-55-31(4)51/h5-27H,1-4H3/b47-29-,48-45+. The molecule has 278 valence electrons. The maximum atomic E-state index is 15.0. The molecular formula is C45H35ClN3O6P. The van der Waals surface area contributed by atoms with Gasteiger partial charge < -0.3 is 18.8 Å². The second-order valence-electron chi connectivity index (χ2n) is 13.2. The van der Waals surface area contributed by atoms with Crippen molar-refractivity contribution in [2.75, 3.05) is 0 Å². The molecule has 0 aliphatic heterocycles. The summed E-state index contributed by atoms with van der Waals surface area (Å²) in [5, 5.41) is 11.4. The molecule has 1 heterocycles. The first-order valence-electron chi connectivity index (χ1n) is 17.7. The number of aryl methyl sites for hydroxylation is 1. The molecule has 6 aromatic carbocycles. The van der Waals surface area contributed by atoms with Crippen LogP contribution in [0.15, 0.2) is 150 Å². The summed E-state index contributed by atoms with van der Waals surface area (Å²) >= 11 is 6.28. The largest absolute Gasteiger partial charge is 0.332 e. The predicted molar refractivity (Wildman–Crippen MR) is 223 cm³/mol. The normalized spacial score (nSPS) is 12.2. The lowest BCUT2D eigenvalue weighted by atomic mass is 9.97. The average Bonchev–Trinajstić information content (AvgIpc) is 3.55. The second-order valence-corrected chi connectivity index (χ2v) is 16.3. The van der Waals surface area contributed by atoms with Gasteiger partial charge in [0.1, 0.15) is 0 Å². The van der Waals surface area contributed by atoms with Crippen LogP contribution in [-0.4, -0.2) is 33.2 Å². The Labute approximate surface area is 328 Å². The van der Waals surface area contributed by atoms with Crippen LogP contribution in [-0.2, 0) is 23.8 Å². The van der Waals surface area contributed by atoms with Crippen molar-refractivity contribution in [1.29, 1.82) is 0 Å². The molecule has 9 nitrogen and oxygen atoms in total. The molecule has 0 radical (unpaired) electrons. The predicted octanol–water partition coefficient (Wildman–Crippen LogP) is 8.71. The highest BCUT2D eigenvalue weighted by Crippen LogP contribution is 2.43. The van der Waals surface area contributed by atoms with Crippen molar-refractivity contribution in [3.63, 3.8) is 0 Å². The fraction of sp³-hybridized carbons (Fsp3) is 0.0889. The van der Waals surface area contributed by atoms with Gasteiger partial charge in [-0.05, 0) is 85.6 Å². The lowest BCUT2D eigenvalue weighted by Gasteiger charge is -2.21. The number of fused-ring (bicyclic) bond motifs is 3. The fourth-order valence-electron chi connectivity index (χ4n) is 6.74. The first-order chi connectivity index (χ1) is 26.9. The van der Waals surface area contributed by atoms with Crippen LogP contribution in [0.4, 0.5) is 0 Å². The summed E-state index contributed by atoms with van der Waals surface area (Å²) in [5.74, 6) is -1.29. The van der Waals surface area contributed by atoms with Crippen LogP contribution in [0, 0.1) is 6.92 Å². The van der Waals surface area contributed by atoms with Gasteiger partial charge in [-0.3, -0.25) is 4.79 Å². The van der Waals surface area contributed by atoms with E-state index in [1.54, 1.807) is 37.3 Å². The van der Waals surface area contributed by atoms with Gasteiger partial charge >= 0.3 is 11.9 Å². The van der Waals surface area contributed by atoms with Crippen LogP contribution in [0.2, 0.25) is 0 Å². The van der Waals surface area contributed by atoms with E-state index < -0.39 is 19.1 Å². The number of carbonyl (C=O) groups is 3. The van der Waals surface area contributed by atoms with Crippen molar-refractivity contribution >= 4 is 85.1 Å². The highest BCUT2D eigenvalue weighted by molar-refractivity contribution is 7.85. The number of halogens is 1. The number of carbonyl (C=O) groups excluding carboxylic acids is 3. The molecule has 0 bridgehead atoms. The Kier molecular flexibility index (Phi) is 10.7. The topological polar surface area (TPSA) is 116 Å². The molecule has 0 amide bonds. The van der Waals surface area contributed by atoms with Crippen LogP contribution >= 0.6 is 18.7 Å². The number of nitrogens with zero attached hydrogens (tertiary/aromatic N) is 3. The Balaban J connectivity index is 1.33. The van der Waals surface area contributed by atoms with Gasteiger partial charge in [-0.15, -0.1) is 0 Å². The minimum Gasteiger partial charge on any atom is -0.318 e. The zero-order valence-electron chi connectivity index (χ0n) is 30.9. The molecule has 0 saturated carbocycles. The number of oxime groups is 2. The van der Waals surface area contributed by atoms with Crippen LogP contribution in [0.1, 0.15) is 53.4 Å². The van der Waals surface area contributed by atoms with Crippen molar-refractivity contribution < 1.29 is 28.6 Å². The Morgan fingerprint density at radius 1 is 0.589 bits per heavy atom. The third-order valence-electron chi connectivity index (χ3n) is 9.43. The number of hydrogen-bond donors (Lipinski definition) is 0. The van der Waals surface area contributed by atoms with Crippen molar-refractivity contribution in [3.8, 4) is 5.69 Å². The van der Waals surface area contributed by atoms with Crippen molar-refractivity contribution in [2.24, 2.45) is 10.3 Å². The Morgan fingerprint density at radius 2 is 1.11 bits per heavy atom. The summed E-state index contributed by atoms with van der Waals surface area (Å²) in [6.45, 7) is 6.14. The van der Waals surface area contributed by atoms with Gasteiger partial charge in [-0.2, -0.15) is 0 Å². The summed E-state index contributed by atoms with van der Waals surface area (Å²) in [6, 6.07) is 42.9. The number of hydrogen-bond acceptors (Lipinski definition) is 8. The summed E-state index contributed by atoms with van der Waals surface area (Å²) < 4.78 is 17.1. The maximum Gasteiger partial charge on any atom is 0.332 e. The van der Waals surface area contributed by atoms with E-state index in [2.05, 4.69) is 14.9 Å². The number of rotatable bonds is 10. The van der Waals surface area contributed by atoms with Crippen LogP contribution in [0.25, 0.3) is 27.5 Å². The van der Waals surface area contributed by atoms with Gasteiger partial charge in [0.2, 0.25) is 0 Å². The van der Waals surface area contributed by atoms with E-state index in [0.29, 0.717) is 43.9 Å². The van der Waals surface area contributed by atoms with Crippen LogP contribution in [0.3, 0.4) is 0 Å². The number of ketones is 1. The third-order valence-corrected chi connectivity index (χ3v) is 12.8. The van der Waals surface area contributed by atoms with Gasteiger partial charge in [-0.1, -0.05) is 101 Å².